The number of benzene rings is 2. The van der Waals surface area contributed by atoms with Gasteiger partial charge in [0.2, 0.25) is 0 Å². The summed E-state index contributed by atoms with van der Waals surface area (Å²) in [6, 6.07) is 13.1. The average molecular weight is 305 g/mol. The molecule has 2 aromatic carbocycles. The second-order valence-corrected chi connectivity index (χ2v) is 5.55. The molecule has 0 unspecified atom stereocenters. The zero-order valence-electron chi connectivity index (χ0n) is 10.9. The fourth-order valence-electron chi connectivity index (χ4n) is 1.72. The molecule has 0 fully saturated rings. The van der Waals surface area contributed by atoms with E-state index in [1.165, 1.54) is 0 Å². The van der Waals surface area contributed by atoms with Gasteiger partial charge in [0.1, 0.15) is 11.8 Å². The first-order valence-corrected chi connectivity index (χ1v) is 7.25. The largest absolute Gasteiger partial charge is 0.495 e. The van der Waals surface area contributed by atoms with Crippen LogP contribution < -0.4 is 10.5 Å². The highest BCUT2D eigenvalue weighted by Crippen LogP contribution is 2.32. The monoisotopic (exact) mass is 304 g/mol. The van der Waals surface area contributed by atoms with Crippen molar-refractivity contribution < 1.29 is 4.74 Å². The van der Waals surface area contributed by atoms with Crippen LogP contribution in [0.4, 0.5) is 5.69 Å². The molecule has 0 aromatic heterocycles. The Balaban J connectivity index is 2.15. The molecule has 102 valence electrons. The Hall–Kier alpha value is -1.83. The topological polar surface area (TPSA) is 59.0 Å². The SMILES string of the molecule is COc1ccc(CSc2cc(N)ccc2Cl)cc1C#N. The van der Waals surface area contributed by atoms with Crippen molar-refractivity contribution in [1.82, 2.24) is 0 Å². The number of hydrogen-bond acceptors (Lipinski definition) is 4. The fraction of sp³-hybridized carbons (Fsp3) is 0.133. The summed E-state index contributed by atoms with van der Waals surface area (Å²) in [4.78, 5) is 0.931. The van der Waals surface area contributed by atoms with Gasteiger partial charge in [0.15, 0.2) is 0 Å². The van der Waals surface area contributed by atoms with Gasteiger partial charge in [-0.2, -0.15) is 5.26 Å². The molecular weight excluding hydrogens is 292 g/mol. The Labute approximate surface area is 127 Å². The van der Waals surface area contributed by atoms with E-state index < -0.39 is 0 Å². The Morgan fingerprint density at radius 2 is 2.10 bits per heavy atom. The van der Waals surface area contributed by atoms with E-state index in [0.29, 0.717) is 27.8 Å². The molecule has 0 aliphatic heterocycles. The van der Waals surface area contributed by atoms with Gasteiger partial charge in [-0.25, -0.2) is 0 Å². The van der Waals surface area contributed by atoms with Gasteiger partial charge in [-0.3, -0.25) is 0 Å². The van der Waals surface area contributed by atoms with Gasteiger partial charge in [0.25, 0.3) is 0 Å². The van der Waals surface area contributed by atoms with E-state index in [4.69, 9.17) is 27.3 Å². The van der Waals surface area contributed by atoms with Crippen LogP contribution in [0.2, 0.25) is 5.02 Å². The number of ether oxygens (including phenoxy) is 1. The van der Waals surface area contributed by atoms with E-state index >= 15 is 0 Å². The molecule has 2 rings (SSSR count). The number of nitrogen functional groups attached to an aromatic ring is 1. The van der Waals surface area contributed by atoms with Crippen molar-refractivity contribution in [2.75, 3.05) is 12.8 Å². The molecule has 0 heterocycles. The fourth-order valence-corrected chi connectivity index (χ4v) is 2.93. The summed E-state index contributed by atoms with van der Waals surface area (Å²) in [5, 5.41) is 9.74. The van der Waals surface area contributed by atoms with E-state index in [-0.39, 0.29) is 0 Å². The minimum Gasteiger partial charge on any atom is -0.495 e. The van der Waals surface area contributed by atoms with Crippen LogP contribution in [0.1, 0.15) is 11.1 Å². The maximum absolute atomic E-state index is 9.07. The minimum absolute atomic E-state index is 0.532. The highest BCUT2D eigenvalue weighted by Gasteiger charge is 2.06. The second-order valence-electron chi connectivity index (χ2n) is 4.12. The first-order chi connectivity index (χ1) is 9.63. The molecule has 5 heteroatoms. The third-order valence-electron chi connectivity index (χ3n) is 2.73. The number of nitrogens with zero attached hydrogens (tertiary/aromatic N) is 1. The average Bonchev–Trinajstić information content (AvgIpc) is 2.47. The summed E-state index contributed by atoms with van der Waals surface area (Å²) in [6.07, 6.45) is 0. The van der Waals surface area contributed by atoms with Gasteiger partial charge in [-0.15, -0.1) is 11.8 Å². The summed E-state index contributed by atoms with van der Waals surface area (Å²) < 4.78 is 5.12. The van der Waals surface area contributed by atoms with Gasteiger partial charge in [0, 0.05) is 16.3 Å². The van der Waals surface area contributed by atoms with Crippen molar-refractivity contribution in [3.05, 3.63) is 52.5 Å². The summed E-state index contributed by atoms with van der Waals surface area (Å²) in [5.41, 5.74) is 8.00. The van der Waals surface area contributed by atoms with Gasteiger partial charge in [0.05, 0.1) is 17.7 Å². The lowest BCUT2D eigenvalue weighted by Crippen LogP contribution is -1.90. The molecule has 0 bridgehead atoms. The second kappa shape index (κ2) is 6.56. The first-order valence-electron chi connectivity index (χ1n) is 5.89. The highest BCUT2D eigenvalue weighted by atomic mass is 35.5. The van der Waals surface area contributed by atoms with Crippen LogP contribution in [0, 0.1) is 11.3 Å². The van der Waals surface area contributed by atoms with E-state index in [9.17, 15) is 0 Å². The van der Waals surface area contributed by atoms with Crippen molar-refractivity contribution in [1.29, 1.82) is 5.26 Å². The lowest BCUT2D eigenvalue weighted by molar-refractivity contribution is 0.413. The summed E-state index contributed by atoms with van der Waals surface area (Å²) in [6.45, 7) is 0. The molecule has 0 radical (unpaired) electrons. The minimum atomic E-state index is 0.532. The molecular formula is C15H13ClN2OS. The molecule has 0 atom stereocenters. The maximum Gasteiger partial charge on any atom is 0.136 e. The normalized spacial score (nSPS) is 10.1. The van der Waals surface area contributed by atoms with E-state index in [2.05, 4.69) is 6.07 Å². The predicted octanol–water partition coefficient (Wildman–Crippen LogP) is 4.09. The number of hydrogen-bond donors (Lipinski definition) is 1. The highest BCUT2D eigenvalue weighted by molar-refractivity contribution is 7.98. The number of nitrogens with two attached hydrogens (primary N) is 1. The number of halogens is 1. The third kappa shape index (κ3) is 3.38. The standard InChI is InChI=1S/C15H13ClN2OS/c1-19-14-5-2-10(6-11(14)8-17)9-20-15-7-12(18)3-4-13(15)16/h2-7H,9,18H2,1H3. The number of nitriles is 1. The summed E-state index contributed by atoms with van der Waals surface area (Å²) in [7, 11) is 1.55. The molecule has 2 aromatic rings. The van der Waals surface area contributed by atoms with Crippen molar-refractivity contribution >= 4 is 29.1 Å². The molecule has 0 saturated carbocycles. The molecule has 0 spiro atoms. The van der Waals surface area contributed by atoms with Gasteiger partial charge < -0.3 is 10.5 Å². The van der Waals surface area contributed by atoms with Gasteiger partial charge in [-0.1, -0.05) is 17.7 Å². The van der Waals surface area contributed by atoms with Gasteiger partial charge >= 0.3 is 0 Å². The van der Waals surface area contributed by atoms with Crippen LogP contribution >= 0.6 is 23.4 Å². The number of rotatable bonds is 4. The molecule has 0 aliphatic carbocycles. The van der Waals surface area contributed by atoms with Crippen molar-refractivity contribution in [3.8, 4) is 11.8 Å². The van der Waals surface area contributed by atoms with Crippen molar-refractivity contribution in [3.63, 3.8) is 0 Å². The molecule has 0 amide bonds. The van der Waals surface area contributed by atoms with E-state index in [0.717, 1.165) is 10.5 Å². The first kappa shape index (κ1) is 14.6. The van der Waals surface area contributed by atoms with Crippen molar-refractivity contribution in [2.45, 2.75) is 10.6 Å². The quantitative estimate of drug-likeness (QED) is 0.682. The van der Waals surface area contributed by atoms with E-state index in [1.54, 1.807) is 37.1 Å². The van der Waals surface area contributed by atoms with E-state index in [1.807, 2.05) is 18.2 Å². The van der Waals surface area contributed by atoms with Crippen LogP contribution in [0.25, 0.3) is 0 Å². The lowest BCUT2D eigenvalue weighted by Gasteiger charge is -2.07. The zero-order valence-corrected chi connectivity index (χ0v) is 12.5. The maximum atomic E-state index is 9.07. The smallest absolute Gasteiger partial charge is 0.136 e. The van der Waals surface area contributed by atoms with Crippen LogP contribution in [0.3, 0.4) is 0 Å². The van der Waals surface area contributed by atoms with Crippen LogP contribution in [-0.4, -0.2) is 7.11 Å². The Morgan fingerprint density at radius 3 is 2.80 bits per heavy atom. The van der Waals surface area contributed by atoms with Crippen LogP contribution in [0.15, 0.2) is 41.3 Å². The number of thioether (sulfide) groups is 1. The van der Waals surface area contributed by atoms with Gasteiger partial charge in [-0.05, 0) is 35.9 Å². The molecule has 0 saturated heterocycles. The van der Waals surface area contributed by atoms with Crippen LogP contribution in [0.5, 0.6) is 5.75 Å². The Kier molecular flexibility index (Phi) is 4.78. The Bertz CT molecular complexity index is 667. The lowest BCUT2D eigenvalue weighted by atomic mass is 10.1. The number of methoxy groups -OCH3 is 1. The summed E-state index contributed by atoms with van der Waals surface area (Å²) >= 11 is 7.70. The summed E-state index contributed by atoms with van der Waals surface area (Å²) in [5.74, 6) is 1.30. The molecule has 20 heavy (non-hydrogen) atoms. The number of anilines is 1. The predicted molar refractivity (Wildman–Crippen MR) is 83.1 cm³/mol. The zero-order chi connectivity index (χ0) is 14.5. The van der Waals surface area contributed by atoms with Crippen LogP contribution in [-0.2, 0) is 5.75 Å². The molecule has 3 nitrogen and oxygen atoms in total. The Morgan fingerprint density at radius 1 is 1.30 bits per heavy atom. The molecule has 2 N–H and O–H groups in total. The van der Waals surface area contributed by atoms with Crippen molar-refractivity contribution in [2.24, 2.45) is 0 Å². The molecule has 0 aliphatic rings. The third-order valence-corrected chi connectivity index (χ3v) is 4.30.